The van der Waals surface area contributed by atoms with E-state index < -0.39 is 35.9 Å². The van der Waals surface area contributed by atoms with Crippen LogP contribution < -0.4 is 5.32 Å². The van der Waals surface area contributed by atoms with E-state index >= 15 is 0 Å². The molecule has 0 rings (SSSR count). The second-order valence-corrected chi connectivity index (χ2v) is 5.86. The maximum absolute atomic E-state index is 12.4. The Morgan fingerprint density at radius 2 is 1.68 bits per heavy atom. The lowest BCUT2D eigenvalue weighted by Crippen LogP contribution is -2.33. The summed E-state index contributed by atoms with van der Waals surface area (Å²) in [6.45, 7) is 5.52. The van der Waals surface area contributed by atoms with Crippen LogP contribution in [0.4, 0.5) is 4.79 Å². The Balaban J connectivity index is 5.13. The minimum atomic E-state index is -1.21. The van der Waals surface area contributed by atoms with Gasteiger partial charge in [-0.25, -0.2) is 14.4 Å². The number of unbranched alkanes of at least 4 members (excludes halogenated alkanes) is 3. The molecule has 1 amide bonds. The van der Waals surface area contributed by atoms with Crippen molar-refractivity contribution in [3.8, 4) is 0 Å². The maximum atomic E-state index is 12.4. The minimum absolute atomic E-state index is 0.0339. The molecule has 0 aliphatic rings. The van der Waals surface area contributed by atoms with Crippen LogP contribution in [0.15, 0.2) is 12.0 Å². The standard InChI is InChI=1S/C19H31NO8/c1-5-8-10-12-16(21)26-13-15(17(22)25-7-3)27-18(23)14(11-9-6-2)28-19(24)20-4/h13-14H,5-12H2,1-4H3,(H,20,24)/b15-13+. The van der Waals surface area contributed by atoms with Crippen molar-refractivity contribution >= 4 is 24.0 Å². The van der Waals surface area contributed by atoms with E-state index in [2.05, 4.69) is 5.32 Å². The van der Waals surface area contributed by atoms with Gasteiger partial charge in [0.15, 0.2) is 0 Å². The molecule has 0 aliphatic heterocycles. The number of alkyl carbamates (subject to hydrolysis) is 1. The summed E-state index contributed by atoms with van der Waals surface area (Å²) in [6.07, 6.45) is 2.95. The Bertz CT molecular complexity index is 544. The Labute approximate surface area is 165 Å². The Kier molecular flexibility index (Phi) is 14.0. The fourth-order valence-corrected chi connectivity index (χ4v) is 1.99. The molecule has 0 heterocycles. The van der Waals surface area contributed by atoms with Crippen LogP contribution in [0.1, 0.15) is 65.7 Å². The average molecular weight is 401 g/mol. The van der Waals surface area contributed by atoms with E-state index in [0.29, 0.717) is 12.8 Å². The van der Waals surface area contributed by atoms with E-state index in [-0.39, 0.29) is 19.4 Å². The van der Waals surface area contributed by atoms with Gasteiger partial charge in [-0.1, -0.05) is 33.1 Å². The molecule has 0 bridgehead atoms. The molecule has 0 aromatic carbocycles. The van der Waals surface area contributed by atoms with Crippen LogP contribution in [0.5, 0.6) is 0 Å². The summed E-state index contributed by atoms with van der Waals surface area (Å²) in [7, 11) is 1.35. The van der Waals surface area contributed by atoms with Crippen LogP contribution in [0.25, 0.3) is 0 Å². The van der Waals surface area contributed by atoms with Gasteiger partial charge in [0, 0.05) is 13.5 Å². The second kappa shape index (κ2) is 15.5. The number of amides is 1. The van der Waals surface area contributed by atoms with Crippen LogP contribution in [0.2, 0.25) is 0 Å². The normalized spacial score (nSPS) is 11.9. The number of esters is 3. The van der Waals surface area contributed by atoms with Crippen molar-refractivity contribution in [2.75, 3.05) is 13.7 Å². The van der Waals surface area contributed by atoms with Gasteiger partial charge in [0.1, 0.15) is 6.26 Å². The van der Waals surface area contributed by atoms with Gasteiger partial charge < -0.3 is 24.3 Å². The van der Waals surface area contributed by atoms with E-state index in [1.165, 1.54) is 7.05 Å². The van der Waals surface area contributed by atoms with E-state index in [9.17, 15) is 19.2 Å². The van der Waals surface area contributed by atoms with Gasteiger partial charge in [-0.2, -0.15) is 0 Å². The van der Waals surface area contributed by atoms with E-state index in [1.807, 2.05) is 13.8 Å². The summed E-state index contributed by atoms with van der Waals surface area (Å²) in [6, 6.07) is 0. The SMILES string of the molecule is CCCCCC(=O)O/C=C(/OC(=O)C(CCCC)OC(=O)NC)C(=O)OCC. The summed E-state index contributed by atoms with van der Waals surface area (Å²) in [5.41, 5.74) is 0. The Morgan fingerprint density at radius 1 is 1.00 bits per heavy atom. The van der Waals surface area contributed by atoms with Crippen LogP contribution in [0, 0.1) is 0 Å². The van der Waals surface area contributed by atoms with Crippen LogP contribution in [-0.4, -0.2) is 43.8 Å². The number of carbonyl (C=O) groups excluding carboxylic acids is 4. The van der Waals surface area contributed by atoms with Gasteiger partial charge in [-0.3, -0.25) is 4.79 Å². The van der Waals surface area contributed by atoms with Gasteiger partial charge in [0.2, 0.25) is 6.10 Å². The fraction of sp³-hybridized carbons (Fsp3) is 0.684. The lowest BCUT2D eigenvalue weighted by Gasteiger charge is -2.16. The molecule has 0 spiro atoms. The van der Waals surface area contributed by atoms with Crippen LogP contribution >= 0.6 is 0 Å². The summed E-state index contributed by atoms with van der Waals surface area (Å²) < 4.78 is 19.7. The molecule has 9 nitrogen and oxygen atoms in total. The molecular formula is C19H31NO8. The first-order valence-corrected chi connectivity index (χ1v) is 9.56. The van der Waals surface area contributed by atoms with Crippen molar-refractivity contribution in [3.05, 3.63) is 12.0 Å². The Hall–Kier alpha value is -2.58. The van der Waals surface area contributed by atoms with Crippen molar-refractivity contribution in [3.63, 3.8) is 0 Å². The van der Waals surface area contributed by atoms with Gasteiger partial charge in [0.05, 0.1) is 6.61 Å². The third-order valence-electron chi connectivity index (χ3n) is 3.51. The Morgan fingerprint density at radius 3 is 2.25 bits per heavy atom. The third-order valence-corrected chi connectivity index (χ3v) is 3.51. The number of ether oxygens (including phenoxy) is 4. The smallest absolute Gasteiger partial charge is 0.407 e. The third kappa shape index (κ3) is 11.2. The van der Waals surface area contributed by atoms with E-state index in [4.69, 9.17) is 18.9 Å². The van der Waals surface area contributed by atoms with Gasteiger partial charge in [0.25, 0.3) is 5.76 Å². The highest BCUT2D eigenvalue weighted by atomic mass is 16.6. The molecule has 160 valence electrons. The van der Waals surface area contributed by atoms with Crippen LogP contribution in [-0.2, 0) is 33.3 Å². The first-order valence-electron chi connectivity index (χ1n) is 9.56. The molecule has 1 atom stereocenters. The maximum Gasteiger partial charge on any atom is 0.407 e. The molecule has 1 N–H and O–H groups in total. The molecule has 28 heavy (non-hydrogen) atoms. The number of hydrogen-bond donors (Lipinski definition) is 1. The highest BCUT2D eigenvalue weighted by molar-refractivity contribution is 5.91. The fourth-order valence-electron chi connectivity index (χ4n) is 1.99. The average Bonchev–Trinajstić information content (AvgIpc) is 2.68. The summed E-state index contributed by atoms with van der Waals surface area (Å²) in [5, 5.41) is 2.24. The van der Waals surface area contributed by atoms with E-state index in [1.54, 1.807) is 6.92 Å². The van der Waals surface area contributed by atoms with Gasteiger partial charge >= 0.3 is 24.0 Å². The first-order chi connectivity index (χ1) is 13.4. The molecule has 0 aliphatic carbocycles. The summed E-state index contributed by atoms with van der Waals surface area (Å²) >= 11 is 0. The molecule has 0 aromatic heterocycles. The molecule has 0 fully saturated rings. The minimum Gasteiger partial charge on any atom is -0.460 e. The predicted octanol–water partition coefficient (Wildman–Crippen LogP) is 2.97. The second-order valence-electron chi connectivity index (χ2n) is 5.86. The molecule has 0 saturated carbocycles. The summed E-state index contributed by atoms with van der Waals surface area (Å²) in [4.78, 5) is 47.5. The molecule has 0 saturated heterocycles. The molecule has 0 radical (unpaired) electrons. The monoisotopic (exact) mass is 401 g/mol. The topological polar surface area (TPSA) is 117 Å². The van der Waals surface area contributed by atoms with Crippen molar-refractivity contribution in [1.82, 2.24) is 5.32 Å². The van der Waals surface area contributed by atoms with Crippen molar-refractivity contribution < 1.29 is 38.1 Å². The zero-order valence-electron chi connectivity index (χ0n) is 17.1. The molecule has 0 aromatic rings. The lowest BCUT2D eigenvalue weighted by atomic mass is 10.1. The van der Waals surface area contributed by atoms with Crippen LogP contribution in [0.3, 0.4) is 0 Å². The number of rotatable bonds is 13. The highest BCUT2D eigenvalue weighted by Gasteiger charge is 2.28. The predicted molar refractivity (Wildman–Crippen MR) is 99.9 cm³/mol. The quantitative estimate of drug-likeness (QED) is 0.165. The van der Waals surface area contributed by atoms with Crippen molar-refractivity contribution in [1.29, 1.82) is 0 Å². The van der Waals surface area contributed by atoms with Gasteiger partial charge in [-0.05, 0) is 26.2 Å². The van der Waals surface area contributed by atoms with E-state index in [0.717, 1.165) is 25.5 Å². The zero-order valence-corrected chi connectivity index (χ0v) is 17.1. The first kappa shape index (κ1) is 25.4. The van der Waals surface area contributed by atoms with Crippen molar-refractivity contribution in [2.45, 2.75) is 71.8 Å². The zero-order chi connectivity index (χ0) is 21.4. The number of nitrogens with one attached hydrogen (secondary N) is 1. The number of hydrogen-bond acceptors (Lipinski definition) is 8. The largest absolute Gasteiger partial charge is 0.460 e. The van der Waals surface area contributed by atoms with Gasteiger partial charge in [-0.15, -0.1) is 0 Å². The molecule has 9 heteroatoms. The van der Waals surface area contributed by atoms with Crippen molar-refractivity contribution in [2.24, 2.45) is 0 Å². The highest BCUT2D eigenvalue weighted by Crippen LogP contribution is 2.12. The lowest BCUT2D eigenvalue weighted by molar-refractivity contribution is -0.158. The number of carbonyl (C=O) groups is 4. The molecular weight excluding hydrogens is 370 g/mol. The summed E-state index contributed by atoms with van der Waals surface area (Å²) in [5.74, 6) is -3.07. The molecule has 1 unspecified atom stereocenters.